The van der Waals surface area contributed by atoms with Crippen molar-refractivity contribution in [3.05, 3.63) is 0 Å². The van der Waals surface area contributed by atoms with Crippen molar-refractivity contribution in [1.82, 2.24) is 15.5 Å². The SMILES string of the molecule is C[C@@H](CO)NC(=O)NC1CCCN(C2CCCCC2)C1. The highest BCUT2D eigenvalue weighted by atomic mass is 16.3. The maximum absolute atomic E-state index is 11.8. The van der Waals surface area contributed by atoms with Gasteiger partial charge in [0.15, 0.2) is 0 Å². The number of rotatable bonds is 4. The van der Waals surface area contributed by atoms with Gasteiger partial charge in [0, 0.05) is 18.6 Å². The molecule has 116 valence electrons. The first-order valence-corrected chi connectivity index (χ1v) is 8.11. The largest absolute Gasteiger partial charge is 0.394 e. The van der Waals surface area contributed by atoms with Crippen molar-refractivity contribution in [2.75, 3.05) is 19.7 Å². The number of piperidine rings is 1. The summed E-state index contributed by atoms with van der Waals surface area (Å²) in [5.74, 6) is 0. The van der Waals surface area contributed by atoms with E-state index in [0.717, 1.165) is 25.4 Å². The minimum absolute atomic E-state index is 0.0215. The molecular weight excluding hydrogens is 254 g/mol. The summed E-state index contributed by atoms with van der Waals surface area (Å²) in [6.45, 7) is 3.93. The van der Waals surface area contributed by atoms with E-state index in [4.69, 9.17) is 5.11 Å². The second-order valence-electron chi connectivity index (χ2n) is 6.33. The van der Waals surface area contributed by atoms with E-state index in [1.54, 1.807) is 6.92 Å². The molecule has 2 atom stereocenters. The number of nitrogens with zero attached hydrogens (tertiary/aromatic N) is 1. The molecule has 0 aromatic heterocycles. The molecule has 5 heteroatoms. The molecule has 1 aliphatic heterocycles. The van der Waals surface area contributed by atoms with E-state index in [1.807, 2.05) is 0 Å². The fraction of sp³-hybridized carbons (Fsp3) is 0.933. The summed E-state index contributed by atoms with van der Waals surface area (Å²) >= 11 is 0. The van der Waals surface area contributed by atoms with Gasteiger partial charge in [-0.05, 0) is 39.2 Å². The fourth-order valence-corrected chi connectivity index (χ4v) is 3.40. The number of likely N-dealkylation sites (tertiary alicyclic amines) is 1. The highest BCUT2D eigenvalue weighted by Crippen LogP contribution is 2.25. The van der Waals surface area contributed by atoms with Crippen molar-refractivity contribution in [1.29, 1.82) is 0 Å². The summed E-state index contributed by atoms with van der Waals surface area (Å²) in [4.78, 5) is 14.4. The smallest absolute Gasteiger partial charge is 0.315 e. The zero-order valence-electron chi connectivity index (χ0n) is 12.6. The number of nitrogens with one attached hydrogen (secondary N) is 2. The quantitative estimate of drug-likeness (QED) is 0.732. The highest BCUT2D eigenvalue weighted by molar-refractivity contribution is 5.74. The van der Waals surface area contributed by atoms with E-state index in [0.29, 0.717) is 0 Å². The van der Waals surface area contributed by atoms with Crippen LogP contribution in [-0.2, 0) is 0 Å². The van der Waals surface area contributed by atoms with Crippen LogP contribution < -0.4 is 10.6 Å². The van der Waals surface area contributed by atoms with Gasteiger partial charge in [0.2, 0.25) is 0 Å². The van der Waals surface area contributed by atoms with Crippen molar-refractivity contribution in [2.45, 2.75) is 70.0 Å². The third kappa shape index (κ3) is 4.63. The summed E-state index contributed by atoms with van der Waals surface area (Å²) < 4.78 is 0. The van der Waals surface area contributed by atoms with Crippen molar-refractivity contribution in [2.24, 2.45) is 0 Å². The number of carbonyl (C=O) groups excluding carboxylic acids is 1. The number of carbonyl (C=O) groups is 1. The zero-order valence-corrected chi connectivity index (χ0v) is 12.6. The average molecular weight is 283 g/mol. The molecule has 1 aliphatic carbocycles. The first-order valence-electron chi connectivity index (χ1n) is 8.11. The first-order chi connectivity index (χ1) is 9.69. The number of amides is 2. The normalized spacial score (nSPS) is 27.0. The van der Waals surface area contributed by atoms with Gasteiger partial charge >= 0.3 is 6.03 Å². The summed E-state index contributed by atoms with van der Waals surface area (Å²) in [5, 5.41) is 14.8. The van der Waals surface area contributed by atoms with Crippen molar-refractivity contribution >= 4 is 6.03 Å². The van der Waals surface area contributed by atoms with Crippen LogP contribution in [0.5, 0.6) is 0 Å². The molecule has 3 N–H and O–H groups in total. The number of hydrogen-bond donors (Lipinski definition) is 3. The Labute approximate surface area is 122 Å². The van der Waals surface area contributed by atoms with Crippen LogP contribution in [0.2, 0.25) is 0 Å². The number of urea groups is 1. The van der Waals surface area contributed by atoms with Crippen LogP contribution in [0.15, 0.2) is 0 Å². The van der Waals surface area contributed by atoms with Gasteiger partial charge in [-0.3, -0.25) is 4.90 Å². The van der Waals surface area contributed by atoms with Gasteiger partial charge < -0.3 is 15.7 Å². The Kier molecular flexibility index (Phi) is 6.10. The Hall–Kier alpha value is -0.810. The van der Waals surface area contributed by atoms with Crippen LogP contribution in [0.1, 0.15) is 51.9 Å². The second-order valence-corrected chi connectivity index (χ2v) is 6.33. The number of aliphatic hydroxyl groups is 1. The molecule has 0 aromatic carbocycles. The lowest BCUT2D eigenvalue weighted by Crippen LogP contribution is -2.54. The van der Waals surface area contributed by atoms with E-state index in [1.165, 1.54) is 38.6 Å². The summed E-state index contributed by atoms with van der Waals surface area (Å²) in [6, 6.07) is 0.638. The monoisotopic (exact) mass is 283 g/mol. The van der Waals surface area contributed by atoms with Gasteiger partial charge in [-0.25, -0.2) is 4.79 Å². The molecule has 0 spiro atoms. The second kappa shape index (κ2) is 7.84. The van der Waals surface area contributed by atoms with Crippen LogP contribution in [0.4, 0.5) is 4.79 Å². The predicted octanol–water partition coefficient (Wildman–Crippen LogP) is 1.46. The van der Waals surface area contributed by atoms with Crippen LogP contribution in [0.3, 0.4) is 0 Å². The number of aliphatic hydroxyl groups excluding tert-OH is 1. The van der Waals surface area contributed by atoms with E-state index in [2.05, 4.69) is 15.5 Å². The summed E-state index contributed by atoms with van der Waals surface area (Å²) in [7, 11) is 0. The molecule has 1 unspecified atom stereocenters. The maximum Gasteiger partial charge on any atom is 0.315 e. The topological polar surface area (TPSA) is 64.6 Å². The van der Waals surface area contributed by atoms with Crippen molar-refractivity contribution < 1.29 is 9.90 Å². The third-order valence-electron chi connectivity index (χ3n) is 4.53. The van der Waals surface area contributed by atoms with Crippen LogP contribution in [-0.4, -0.2) is 53.9 Å². The molecule has 5 nitrogen and oxygen atoms in total. The molecule has 0 aromatic rings. The van der Waals surface area contributed by atoms with Crippen molar-refractivity contribution in [3.8, 4) is 0 Å². The summed E-state index contributed by atoms with van der Waals surface area (Å²) in [5.41, 5.74) is 0. The molecular formula is C15H29N3O2. The van der Waals surface area contributed by atoms with E-state index >= 15 is 0 Å². The zero-order chi connectivity index (χ0) is 14.4. The number of hydrogen-bond acceptors (Lipinski definition) is 3. The summed E-state index contributed by atoms with van der Waals surface area (Å²) in [6.07, 6.45) is 8.96. The molecule has 2 aliphatic rings. The Balaban J connectivity index is 1.76. The molecule has 1 saturated heterocycles. The highest BCUT2D eigenvalue weighted by Gasteiger charge is 2.27. The van der Waals surface area contributed by atoms with Gasteiger partial charge in [-0.2, -0.15) is 0 Å². The van der Waals surface area contributed by atoms with Crippen LogP contribution in [0, 0.1) is 0 Å². The predicted molar refractivity (Wildman–Crippen MR) is 79.7 cm³/mol. The molecule has 0 bridgehead atoms. The van der Waals surface area contributed by atoms with Crippen molar-refractivity contribution in [3.63, 3.8) is 0 Å². The van der Waals surface area contributed by atoms with Gasteiger partial charge in [-0.15, -0.1) is 0 Å². The Morgan fingerprint density at radius 1 is 1.25 bits per heavy atom. The lowest BCUT2D eigenvalue weighted by molar-refractivity contribution is 0.111. The van der Waals surface area contributed by atoms with E-state index < -0.39 is 0 Å². The Bertz CT molecular complexity index is 305. The van der Waals surface area contributed by atoms with Gasteiger partial charge in [-0.1, -0.05) is 19.3 Å². The van der Waals surface area contributed by atoms with Crippen LogP contribution >= 0.6 is 0 Å². The lowest BCUT2D eigenvalue weighted by atomic mass is 9.92. The fourth-order valence-electron chi connectivity index (χ4n) is 3.40. The van der Waals surface area contributed by atoms with E-state index in [-0.39, 0.29) is 24.7 Å². The molecule has 0 radical (unpaired) electrons. The lowest BCUT2D eigenvalue weighted by Gasteiger charge is -2.40. The Morgan fingerprint density at radius 3 is 2.70 bits per heavy atom. The molecule has 1 saturated carbocycles. The molecule has 2 amide bonds. The standard InChI is InChI=1S/C15H29N3O2/c1-12(11-19)16-15(20)17-13-6-5-9-18(10-13)14-7-3-2-4-8-14/h12-14,19H,2-11H2,1H3,(H2,16,17,20)/t12-,13?/m0/s1. The minimum atomic E-state index is -0.187. The first kappa shape index (κ1) is 15.6. The molecule has 2 rings (SSSR count). The van der Waals surface area contributed by atoms with Gasteiger partial charge in [0.25, 0.3) is 0 Å². The molecule has 1 heterocycles. The Morgan fingerprint density at radius 2 is 2.00 bits per heavy atom. The third-order valence-corrected chi connectivity index (χ3v) is 4.53. The maximum atomic E-state index is 11.8. The van der Waals surface area contributed by atoms with E-state index in [9.17, 15) is 4.79 Å². The minimum Gasteiger partial charge on any atom is -0.394 e. The molecule has 2 fully saturated rings. The van der Waals surface area contributed by atoms with Gasteiger partial charge in [0.1, 0.15) is 0 Å². The molecule has 20 heavy (non-hydrogen) atoms. The van der Waals surface area contributed by atoms with Crippen LogP contribution in [0.25, 0.3) is 0 Å². The van der Waals surface area contributed by atoms with Gasteiger partial charge in [0.05, 0.1) is 12.6 Å². The average Bonchev–Trinajstić information content (AvgIpc) is 2.48.